The van der Waals surface area contributed by atoms with Crippen molar-refractivity contribution in [2.24, 2.45) is 5.73 Å². The summed E-state index contributed by atoms with van der Waals surface area (Å²) < 4.78 is 49.1. The smallest absolute Gasteiger partial charge is 0.408 e. The highest BCUT2D eigenvalue weighted by molar-refractivity contribution is 5.85. The van der Waals surface area contributed by atoms with Gasteiger partial charge in [0.15, 0.2) is 11.5 Å². The largest absolute Gasteiger partial charge is 0.496 e. The van der Waals surface area contributed by atoms with E-state index in [2.05, 4.69) is 15.2 Å². The molecule has 3 aromatic heterocycles. The number of likely N-dealkylation sites (tertiary alicyclic amines) is 1. The lowest BCUT2D eigenvalue weighted by Gasteiger charge is -2.30. The van der Waals surface area contributed by atoms with Crippen molar-refractivity contribution in [3.8, 4) is 17.3 Å². The molecule has 1 aromatic carbocycles. The lowest BCUT2D eigenvalue weighted by Crippen LogP contribution is -2.38. The van der Waals surface area contributed by atoms with Gasteiger partial charge in [0.25, 0.3) is 0 Å². The van der Waals surface area contributed by atoms with Gasteiger partial charge in [-0.3, -0.25) is 9.30 Å². The Morgan fingerprint density at radius 2 is 1.94 bits per heavy atom. The number of nitrogens with zero attached hydrogens (tertiary/aromatic N) is 5. The van der Waals surface area contributed by atoms with Crippen LogP contribution in [-0.4, -0.2) is 56.9 Å². The monoisotopic (exact) mass is 492 g/mol. The molecule has 11 heteroatoms. The maximum atomic E-state index is 14.1. The Kier molecular flexibility index (Phi) is 6.41. The van der Waals surface area contributed by atoms with Gasteiger partial charge in [0, 0.05) is 36.8 Å². The lowest BCUT2D eigenvalue weighted by atomic mass is 10.1. The van der Waals surface area contributed by atoms with Crippen LogP contribution >= 0.6 is 12.4 Å². The quantitative estimate of drug-likeness (QED) is 0.457. The molecule has 1 aliphatic rings. The summed E-state index contributed by atoms with van der Waals surface area (Å²) in [5.41, 5.74) is 8.62. The molecule has 2 atom stereocenters. The van der Waals surface area contributed by atoms with Gasteiger partial charge in [-0.15, -0.1) is 22.6 Å². The van der Waals surface area contributed by atoms with E-state index in [0.717, 1.165) is 10.9 Å². The van der Waals surface area contributed by atoms with Crippen LogP contribution in [0.4, 0.5) is 13.2 Å². The average Bonchev–Trinajstić information content (AvgIpc) is 3.38. The molecule has 0 aliphatic carbocycles. The molecule has 0 amide bonds. The van der Waals surface area contributed by atoms with Crippen molar-refractivity contribution >= 4 is 29.0 Å². The van der Waals surface area contributed by atoms with Crippen LogP contribution in [0.2, 0.25) is 0 Å². The molecule has 0 saturated carbocycles. The Hall–Kier alpha value is -2.95. The number of halogens is 4. The predicted octanol–water partition coefficient (Wildman–Crippen LogP) is 4.32. The van der Waals surface area contributed by atoms with Crippen molar-refractivity contribution in [1.29, 1.82) is 0 Å². The molecule has 0 spiro atoms. The molecule has 7 nitrogen and oxygen atoms in total. The van der Waals surface area contributed by atoms with Crippen LogP contribution < -0.4 is 10.5 Å². The number of ether oxygens (including phenoxy) is 1. The normalized spacial score (nSPS) is 17.8. The number of nitrogens with two attached hydrogens (primary N) is 1. The zero-order chi connectivity index (χ0) is 23.3. The van der Waals surface area contributed by atoms with Gasteiger partial charge in [-0.25, -0.2) is 4.98 Å². The number of aromatic nitrogens is 4. The third kappa shape index (κ3) is 4.28. The van der Waals surface area contributed by atoms with Gasteiger partial charge < -0.3 is 10.5 Å². The molecular formula is C23H24ClF3N6O. The molecule has 180 valence electrons. The standard InChI is InChI=1S/C23H23F3N6O.ClH/c1-13-9-14-3-5-17(28-18(14)10-19(13)33-2)22-30-29-20-6-4-15(11-32(20)22)21(23(24,25)26)31-8-7-16(27)12-31;/h3-6,9-11,16,21H,7-8,12,27H2,1-2H3;1H/t16?,21-;/m1./s1. The Morgan fingerprint density at radius 3 is 2.62 bits per heavy atom. The molecule has 34 heavy (non-hydrogen) atoms. The van der Waals surface area contributed by atoms with Gasteiger partial charge >= 0.3 is 6.18 Å². The van der Waals surface area contributed by atoms with E-state index in [0.29, 0.717) is 41.4 Å². The minimum Gasteiger partial charge on any atom is -0.496 e. The minimum atomic E-state index is -4.44. The summed E-state index contributed by atoms with van der Waals surface area (Å²) >= 11 is 0. The molecular weight excluding hydrogens is 469 g/mol. The highest BCUT2D eigenvalue weighted by atomic mass is 35.5. The van der Waals surface area contributed by atoms with Crippen LogP contribution in [0.15, 0.2) is 42.6 Å². The summed E-state index contributed by atoms with van der Waals surface area (Å²) in [5.74, 6) is 1.07. The number of fused-ring (bicyclic) bond motifs is 2. The number of rotatable bonds is 4. The van der Waals surface area contributed by atoms with Gasteiger partial charge in [0.2, 0.25) is 0 Å². The number of hydrogen-bond acceptors (Lipinski definition) is 6. The number of methoxy groups -OCH3 is 1. The lowest BCUT2D eigenvalue weighted by molar-refractivity contribution is -0.183. The third-order valence-electron chi connectivity index (χ3n) is 6.11. The van der Waals surface area contributed by atoms with Gasteiger partial charge in [0.05, 0.1) is 12.6 Å². The second-order valence-electron chi connectivity index (χ2n) is 8.41. The predicted molar refractivity (Wildman–Crippen MR) is 125 cm³/mol. The van der Waals surface area contributed by atoms with E-state index in [1.165, 1.54) is 17.2 Å². The Balaban J connectivity index is 0.00000274. The van der Waals surface area contributed by atoms with Crippen LogP contribution in [0.3, 0.4) is 0 Å². The third-order valence-corrected chi connectivity index (χ3v) is 6.11. The van der Waals surface area contributed by atoms with Gasteiger partial charge in [-0.1, -0.05) is 12.1 Å². The van der Waals surface area contributed by atoms with Crippen molar-refractivity contribution in [2.45, 2.75) is 31.6 Å². The van der Waals surface area contributed by atoms with Gasteiger partial charge in [0.1, 0.15) is 17.5 Å². The zero-order valence-electron chi connectivity index (χ0n) is 18.6. The molecule has 1 saturated heterocycles. The van der Waals surface area contributed by atoms with Crippen LogP contribution in [0.5, 0.6) is 5.75 Å². The molecule has 1 aliphatic heterocycles. The van der Waals surface area contributed by atoms with E-state index >= 15 is 0 Å². The van der Waals surface area contributed by atoms with E-state index < -0.39 is 12.2 Å². The highest BCUT2D eigenvalue weighted by Gasteiger charge is 2.46. The molecule has 5 rings (SSSR count). The van der Waals surface area contributed by atoms with Crippen LogP contribution in [0, 0.1) is 6.92 Å². The zero-order valence-corrected chi connectivity index (χ0v) is 19.4. The van der Waals surface area contributed by atoms with Gasteiger partial charge in [-0.2, -0.15) is 13.2 Å². The summed E-state index contributed by atoms with van der Waals surface area (Å²) in [7, 11) is 1.59. The summed E-state index contributed by atoms with van der Waals surface area (Å²) in [6, 6.07) is 8.50. The van der Waals surface area contributed by atoms with Crippen molar-refractivity contribution in [2.75, 3.05) is 20.2 Å². The van der Waals surface area contributed by atoms with Crippen LogP contribution in [-0.2, 0) is 0 Å². The summed E-state index contributed by atoms with van der Waals surface area (Å²) in [6.07, 6.45) is -2.45. The number of benzene rings is 1. The number of alkyl halides is 3. The second-order valence-corrected chi connectivity index (χ2v) is 8.41. The number of pyridine rings is 2. The van der Waals surface area contributed by atoms with E-state index in [1.807, 2.05) is 25.1 Å². The van der Waals surface area contributed by atoms with Crippen molar-refractivity contribution in [3.63, 3.8) is 0 Å². The molecule has 2 N–H and O–H groups in total. The van der Waals surface area contributed by atoms with Crippen molar-refractivity contribution < 1.29 is 17.9 Å². The van der Waals surface area contributed by atoms with Crippen molar-refractivity contribution in [1.82, 2.24) is 24.5 Å². The fourth-order valence-corrected chi connectivity index (χ4v) is 4.51. The maximum Gasteiger partial charge on any atom is 0.408 e. The van der Waals surface area contributed by atoms with E-state index in [4.69, 9.17) is 10.5 Å². The first-order chi connectivity index (χ1) is 15.7. The van der Waals surface area contributed by atoms with E-state index in [1.54, 1.807) is 23.6 Å². The van der Waals surface area contributed by atoms with Gasteiger partial charge in [-0.05, 0) is 42.7 Å². The maximum absolute atomic E-state index is 14.1. The fourth-order valence-electron chi connectivity index (χ4n) is 4.51. The summed E-state index contributed by atoms with van der Waals surface area (Å²) in [5, 5.41) is 9.26. The highest BCUT2D eigenvalue weighted by Crippen LogP contribution is 2.39. The summed E-state index contributed by atoms with van der Waals surface area (Å²) in [6.45, 7) is 2.45. The summed E-state index contributed by atoms with van der Waals surface area (Å²) in [4.78, 5) is 6.06. The van der Waals surface area contributed by atoms with Crippen LogP contribution in [0.1, 0.15) is 23.6 Å². The topological polar surface area (TPSA) is 81.6 Å². The Morgan fingerprint density at radius 1 is 1.15 bits per heavy atom. The first-order valence-corrected chi connectivity index (χ1v) is 10.6. The molecule has 4 heterocycles. The fraction of sp³-hybridized carbons (Fsp3) is 0.348. The number of aryl methyl sites for hydroxylation is 1. The SMILES string of the molecule is COc1cc2nc(-c3nnc4ccc([C@@H](N5CCC(N)C5)C(F)(F)F)cn34)ccc2cc1C.Cl. The molecule has 1 unspecified atom stereocenters. The molecule has 4 aromatic rings. The second kappa shape index (κ2) is 9.01. The first kappa shape index (κ1) is 24.2. The van der Waals surface area contributed by atoms with E-state index in [9.17, 15) is 13.2 Å². The molecule has 1 fully saturated rings. The van der Waals surface area contributed by atoms with Crippen LogP contribution in [0.25, 0.3) is 28.1 Å². The molecule has 0 radical (unpaired) electrons. The van der Waals surface area contributed by atoms with E-state index in [-0.39, 0.29) is 30.6 Å². The molecule has 0 bridgehead atoms. The first-order valence-electron chi connectivity index (χ1n) is 10.6. The Labute approximate surface area is 200 Å². The number of hydrogen-bond donors (Lipinski definition) is 1. The Bertz CT molecular complexity index is 1340. The average molecular weight is 493 g/mol. The minimum absolute atomic E-state index is 0. The van der Waals surface area contributed by atoms with Crippen molar-refractivity contribution in [3.05, 3.63) is 53.7 Å².